The summed E-state index contributed by atoms with van der Waals surface area (Å²) in [5.41, 5.74) is 0. The van der Waals surface area contributed by atoms with E-state index in [1.165, 1.54) is 0 Å². The van der Waals surface area contributed by atoms with Crippen molar-refractivity contribution in [3.63, 3.8) is 0 Å². The predicted molar refractivity (Wildman–Crippen MR) is 38.4 cm³/mol. The van der Waals surface area contributed by atoms with Gasteiger partial charge in [0.25, 0.3) is 0 Å². The van der Waals surface area contributed by atoms with Gasteiger partial charge in [-0.25, -0.2) is 0 Å². The number of hydrogen-bond donors (Lipinski definition) is 0. The Hall–Kier alpha value is 4.04. The Kier molecular flexibility index (Phi) is 20.0. The normalized spacial score (nSPS) is 8.57. The molecule has 0 radical (unpaired) electrons. The maximum atomic E-state index is 3.12. The maximum Gasteiger partial charge on any atom is 1.00 e. The third-order valence-corrected chi connectivity index (χ3v) is 0. The van der Waals surface area contributed by atoms with Gasteiger partial charge >= 0.3 is 51.4 Å². The molecule has 40 valence electrons. The first-order valence-electron chi connectivity index (χ1n) is 0.756. The van der Waals surface area contributed by atoms with Gasteiger partial charge in [-0.05, 0) is 63.7 Å². The Morgan fingerprint density at radius 2 is 0.857 bits per heavy atom. The van der Waals surface area contributed by atoms with E-state index in [4.69, 9.17) is 0 Å². The average Bonchev–Trinajstić information content (AvgIpc) is 0.722. The molecular weight excluding hydrogens is 451 g/mol. The first-order chi connectivity index (χ1) is 2.00. The van der Waals surface area contributed by atoms with E-state index in [2.05, 4.69) is 63.7 Å². The molecule has 0 amide bonds. The van der Waals surface area contributed by atoms with Gasteiger partial charge in [-0.2, -0.15) is 0 Å². The van der Waals surface area contributed by atoms with E-state index in [-0.39, 0.29) is 69.4 Å². The predicted octanol–water partition coefficient (Wildman–Crippen LogP) is -2.81. The van der Waals surface area contributed by atoms with Crippen LogP contribution >= 0.6 is 63.7 Å². The zero-order chi connectivity index (χ0) is 4.50. The Bertz CT molecular complexity index is 23.6. The van der Waals surface area contributed by atoms with Crippen LogP contribution in [0.1, 0.15) is 0 Å². The van der Waals surface area contributed by atoms with Gasteiger partial charge in [0.15, 0.2) is 1.05 Å². The molecule has 0 aromatic heterocycles. The molecule has 0 aliphatic carbocycles. The van der Waals surface area contributed by atoms with Crippen LogP contribution in [0.4, 0.5) is 0 Å². The van der Waals surface area contributed by atoms with E-state index >= 15 is 0 Å². The van der Waals surface area contributed by atoms with Crippen molar-refractivity contribution in [3.05, 3.63) is 0 Å². The number of alkyl halides is 4. The van der Waals surface area contributed by atoms with E-state index in [1.807, 2.05) is 0 Å². The molecule has 0 aromatic rings. The first kappa shape index (κ1) is 17.2. The third kappa shape index (κ3) is 39.8. The fraction of sp³-hybridized carbons (Fsp3) is 1.00. The maximum absolute atomic E-state index is 3.12. The van der Waals surface area contributed by atoms with Crippen molar-refractivity contribution in [1.29, 1.82) is 0 Å². The Balaban J connectivity index is -0.0000000800. The molecule has 6 heteroatoms. The van der Waals surface area contributed by atoms with Crippen LogP contribution in [0.25, 0.3) is 0 Å². The van der Waals surface area contributed by atoms with Crippen LogP contribution in [-0.4, -0.2) is 1.05 Å². The second-order valence-electron chi connectivity index (χ2n) is 0.429. The van der Waals surface area contributed by atoms with Gasteiger partial charge in [-0.15, -0.1) is 0 Å². The summed E-state index contributed by atoms with van der Waals surface area (Å²) in [6.07, 6.45) is 0. The van der Waals surface area contributed by atoms with Crippen LogP contribution in [-0.2, 0) is 0 Å². The summed E-state index contributed by atoms with van der Waals surface area (Å²) in [4.78, 5) is 0. The molecule has 0 nitrogen and oxygen atoms in total. The van der Waals surface area contributed by atoms with Crippen LogP contribution in [0, 0.1) is 0 Å². The minimum atomic E-state index is -0.250. The summed E-state index contributed by atoms with van der Waals surface area (Å²) in [6.45, 7) is 0. The SMILES string of the molecule is BrC(Br)(Br)Br.[Br-].[K+]. The monoisotopic (exact) mass is 446 g/mol. The zero-order valence-electron chi connectivity index (χ0n) is 3.39. The smallest absolute Gasteiger partial charge is 1.00 e. The van der Waals surface area contributed by atoms with Crippen molar-refractivity contribution >= 4 is 63.7 Å². The largest absolute Gasteiger partial charge is 1.00 e. The van der Waals surface area contributed by atoms with Gasteiger partial charge in [0.05, 0.1) is 0 Å². The molecule has 0 aromatic carbocycles. The molecule has 0 saturated carbocycles. The zero-order valence-corrected chi connectivity index (χ0v) is 14.4. The molecule has 0 aliphatic heterocycles. The van der Waals surface area contributed by atoms with Gasteiger partial charge in [0, 0.05) is 0 Å². The molecule has 0 heterocycles. The van der Waals surface area contributed by atoms with Crippen molar-refractivity contribution in [2.45, 2.75) is 1.05 Å². The average molecular weight is 451 g/mol. The second kappa shape index (κ2) is 8.14. The van der Waals surface area contributed by atoms with Crippen molar-refractivity contribution in [2.75, 3.05) is 0 Å². The fourth-order valence-electron chi connectivity index (χ4n) is 0. The van der Waals surface area contributed by atoms with E-state index in [1.54, 1.807) is 0 Å². The molecule has 0 bridgehead atoms. The molecule has 0 rings (SSSR count). The summed E-state index contributed by atoms with van der Waals surface area (Å²) < 4.78 is -0.250. The number of rotatable bonds is 0. The summed E-state index contributed by atoms with van der Waals surface area (Å²) in [5, 5.41) is 0. The minimum Gasteiger partial charge on any atom is -1.00 e. The van der Waals surface area contributed by atoms with Crippen molar-refractivity contribution in [1.82, 2.24) is 0 Å². The van der Waals surface area contributed by atoms with Gasteiger partial charge in [-0.3, -0.25) is 0 Å². The van der Waals surface area contributed by atoms with Crippen molar-refractivity contribution in [2.24, 2.45) is 0 Å². The molecule has 7 heavy (non-hydrogen) atoms. The molecule has 0 spiro atoms. The van der Waals surface area contributed by atoms with Crippen LogP contribution < -0.4 is 68.4 Å². The molecular formula is CBr5K. The Morgan fingerprint density at radius 3 is 0.857 bits per heavy atom. The molecule has 0 N–H and O–H groups in total. The van der Waals surface area contributed by atoms with E-state index in [9.17, 15) is 0 Å². The van der Waals surface area contributed by atoms with Crippen LogP contribution in [0.5, 0.6) is 0 Å². The van der Waals surface area contributed by atoms with Crippen LogP contribution in [0.15, 0.2) is 0 Å². The summed E-state index contributed by atoms with van der Waals surface area (Å²) in [5.74, 6) is 0. The Morgan fingerprint density at radius 1 is 0.857 bits per heavy atom. The van der Waals surface area contributed by atoms with E-state index in [0.717, 1.165) is 0 Å². The number of halogens is 5. The summed E-state index contributed by atoms with van der Waals surface area (Å²) in [7, 11) is 0. The standard InChI is InChI=1S/CBr4.BrH.K/c2-1(3,4)5;;/h;1H;/q;;+1/p-1. The molecule has 0 aliphatic rings. The van der Waals surface area contributed by atoms with Gasteiger partial charge in [-0.1, -0.05) is 0 Å². The topological polar surface area (TPSA) is 0 Å². The molecule has 0 saturated heterocycles. The van der Waals surface area contributed by atoms with Crippen LogP contribution in [0.2, 0.25) is 0 Å². The third-order valence-electron chi connectivity index (χ3n) is 0. The quantitative estimate of drug-likeness (QED) is 0.276. The van der Waals surface area contributed by atoms with Crippen LogP contribution in [0.3, 0.4) is 0 Å². The van der Waals surface area contributed by atoms with Crippen molar-refractivity contribution < 1.29 is 68.4 Å². The molecule has 0 unspecified atom stereocenters. The number of hydrogen-bond acceptors (Lipinski definition) is 0. The Labute approximate surface area is 130 Å². The fourth-order valence-corrected chi connectivity index (χ4v) is 0. The van der Waals surface area contributed by atoms with Crippen molar-refractivity contribution in [3.8, 4) is 0 Å². The second-order valence-corrected chi connectivity index (χ2v) is 11.6. The van der Waals surface area contributed by atoms with E-state index in [0.29, 0.717) is 0 Å². The summed E-state index contributed by atoms with van der Waals surface area (Å²) in [6, 6.07) is 0. The summed E-state index contributed by atoms with van der Waals surface area (Å²) >= 11 is 12.5. The van der Waals surface area contributed by atoms with Gasteiger partial charge in [0.2, 0.25) is 0 Å². The van der Waals surface area contributed by atoms with Gasteiger partial charge < -0.3 is 17.0 Å². The first-order valence-corrected chi connectivity index (χ1v) is 3.93. The van der Waals surface area contributed by atoms with E-state index < -0.39 is 0 Å². The van der Waals surface area contributed by atoms with Gasteiger partial charge in [0.1, 0.15) is 0 Å². The minimum absolute atomic E-state index is 0. The molecule has 0 fully saturated rings. The molecule has 0 atom stereocenters.